The lowest BCUT2D eigenvalue weighted by molar-refractivity contribution is 0.383. The van der Waals surface area contributed by atoms with E-state index in [0.29, 0.717) is 12.1 Å². The lowest BCUT2D eigenvalue weighted by Gasteiger charge is -2.30. The molecule has 1 aliphatic rings. The van der Waals surface area contributed by atoms with Crippen molar-refractivity contribution < 1.29 is 4.74 Å². The summed E-state index contributed by atoms with van der Waals surface area (Å²) in [5, 5.41) is 3.72. The summed E-state index contributed by atoms with van der Waals surface area (Å²) < 4.78 is 5.35. The van der Waals surface area contributed by atoms with E-state index >= 15 is 0 Å². The lowest BCUT2D eigenvalue weighted by Crippen LogP contribution is -2.34. The van der Waals surface area contributed by atoms with Gasteiger partial charge in [0.1, 0.15) is 5.75 Å². The minimum absolute atomic E-state index is 0.409. The zero-order chi connectivity index (χ0) is 13.7. The summed E-state index contributed by atoms with van der Waals surface area (Å²) in [5.74, 6) is 3.71. The third kappa shape index (κ3) is 3.30. The Morgan fingerprint density at radius 2 is 2.37 bits per heavy atom. The van der Waals surface area contributed by atoms with Crippen molar-refractivity contribution in [3.05, 3.63) is 29.3 Å². The molecule has 0 spiro atoms. The van der Waals surface area contributed by atoms with Crippen LogP contribution in [0.2, 0.25) is 0 Å². The molecule has 1 aromatic rings. The van der Waals surface area contributed by atoms with Crippen molar-refractivity contribution >= 4 is 0 Å². The molecule has 0 aromatic heterocycles. The van der Waals surface area contributed by atoms with E-state index in [9.17, 15) is 0 Å². The first-order valence-electron chi connectivity index (χ1n) is 7.14. The number of fused-ring (bicyclic) bond motifs is 1. The average Bonchev–Trinajstić information content (AvgIpc) is 2.46. The summed E-state index contributed by atoms with van der Waals surface area (Å²) in [6.07, 6.45) is 10.9. The standard InChI is InChI=1S/C17H23NO/c1-4-7-14(5-2)18-17-9-6-8-13-10-11-15(19-3)12-16(13)17/h1,10-12,14,17-18H,5-9H2,2-3H3. The summed E-state index contributed by atoms with van der Waals surface area (Å²) in [7, 11) is 1.72. The third-order valence-electron chi connectivity index (χ3n) is 3.96. The fourth-order valence-corrected chi connectivity index (χ4v) is 2.83. The second-order valence-corrected chi connectivity index (χ2v) is 5.19. The van der Waals surface area contributed by atoms with Crippen LogP contribution in [-0.4, -0.2) is 13.2 Å². The van der Waals surface area contributed by atoms with Crippen molar-refractivity contribution in [2.24, 2.45) is 0 Å². The fourth-order valence-electron chi connectivity index (χ4n) is 2.83. The Kier molecular flexibility index (Phi) is 4.87. The summed E-state index contributed by atoms with van der Waals surface area (Å²) in [5.41, 5.74) is 2.83. The fraction of sp³-hybridized carbons (Fsp3) is 0.529. The zero-order valence-electron chi connectivity index (χ0n) is 11.9. The van der Waals surface area contributed by atoms with E-state index in [-0.39, 0.29) is 0 Å². The molecular formula is C17H23NO. The highest BCUT2D eigenvalue weighted by molar-refractivity contribution is 5.39. The maximum atomic E-state index is 5.44. The Hall–Kier alpha value is -1.46. The molecule has 2 atom stereocenters. The van der Waals surface area contributed by atoms with Crippen molar-refractivity contribution in [2.45, 2.75) is 51.1 Å². The molecule has 2 nitrogen and oxygen atoms in total. The first-order valence-corrected chi connectivity index (χ1v) is 7.14. The summed E-state index contributed by atoms with van der Waals surface area (Å²) in [4.78, 5) is 0. The van der Waals surface area contributed by atoms with Gasteiger partial charge in [-0.05, 0) is 48.9 Å². The number of hydrogen-bond donors (Lipinski definition) is 1. The monoisotopic (exact) mass is 257 g/mol. The van der Waals surface area contributed by atoms with E-state index in [1.54, 1.807) is 7.11 Å². The van der Waals surface area contributed by atoms with Crippen LogP contribution in [-0.2, 0) is 6.42 Å². The van der Waals surface area contributed by atoms with Gasteiger partial charge in [-0.2, -0.15) is 0 Å². The van der Waals surface area contributed by atoms with Crippen molar-refractivity contribution in [1.29, 1.82) is 0 Å². The molecule has 0 heterocycles. The van der Waals surface area contributed by atoms with E-state index in [1.165, 1.54) is 30.4 Å². The van der Waals surface area contributed by atoms with Crippen LogP contribution in [0.15, 0.2) is 18.2 Å². The third-order valence-corrected chi connectivity index (χ3v) is 3.96. The van der Waals surface area contributed by atoms with Crippen LogP contribution in [0.3, 0.4) is 0 Å². The zero-order valence-corrected chi connectivity index (χ0v) is 11.9. The topological polar surface area (TPSA) is 21.3 Å². The largest absolute Gasteiger partial charge is 0.497 e. The Balaban J connectivity index is 2.18. The maximum absolute atomic E-state index is 5.44. The first-order chi connectivity index (χ1) is 9.28. The van der Waals surface area contributed by atoms with Crippen LogP contribution in [0, 0.1) is 12.3 Å². The maximum Gasteiger partial charge on any atom is 0.119 e. The molecule has 19 heavy (non-hydrogen) atoms. The number of hydrogen-bond acceptors (Lipinski definition) is 2. The number of benzene rings is 1. The summed E-state index contributed by atoms with van der Waals surface area (Å²) in [6.45, 7) is 2.18. The highest BCUT2D eigenvalue weighted by Gasteiger charge is 2.22. The van der Waals surface area contributed by atoms with Gasteiger partial charge in [0.2, 0.25) is 0 Å². The molecule has 1 aromatic carbocycles. The summed E-state index contributed by atoms with van der Waals surface area (Å²) >= 11 is 0. The minimum atomic E-state index is 0.409. The van der Waals surface area contributed by atoms with Gasteiger partial charge in [-0.15, -0.1) is 12.3 Å². The van der Waals surface area contributed by atoms with Crippen LogP contribution < -0.4 is 10.1 Å². The Labute approximate surface area is 116 Å². The number of terminal acetylenes is 1. The molecule has 1 N–H and O–H groups in total. The van der Waals surface area contributed by atoms with Crippen LogP contribution in [0.25, 0.3) is 0 Å². The predicted molar refractivity (Wildman–Crippen MR) is 79.3 cm³/mol. The van der Waals surface area contributed by atoms with Crippen LogP contribution in [0.1, 0.15) is 49.8 Å². The highest BCUT2D eigenvalue weighted by atomic mass is 16.5. The Morgan fingerprint density at radius 1 is 1.53 bits per heavy atom. The molecule has 0 saturated heterocycles. The van der Waals surface area contributed by atoms with E-state index < -0.39 is 0 Å². The van der Waals surface area contributed by atoms with Gasteiger partial charge in [0.05, 0.1) is 7.11 Å². The molecule has 2 heteroatoms. The molecule has 0 bridgehead atoms. The molecular weight excluding hydrogens is 234 g/mol. The smallest absolute Gasteiger partial charge is 0.119 e. The SMILES string of the molecule is C#CCC(CC)NC1CCCc2ccc(OC)cc21. The van der Waals surface area contributed by atoms with Gasteiger partial charge in [-0.25, -0.2) is 0 Å². The second kappa shape index (κ2) is 6.63. The number of nitrogens with one attached hydrogen (secondary N) is 1. The van der Waals surface area contributed by atoms with E-state index in [2.05, 4.69) is 36.4 Å². The molecule has 0 radical (unpaired) electrons. The van der Waals surface area contributed by atoms with Gasteiger partial charge in [-0.3, -0.25) is 0 Å². The van der Waals surface area contributed by atoms with Gasteiger partial charge in [0, 0.05) is 18.5 Å². The quantitative estimate of drug-likeness (QED) is 0.816. The van der Waals surface area contributed by atoms with Crippen molar-refractivity contribution in [2.75, 3.05) is 7.11 Å². The number of rotatable bonds is 5. The van der Waals surface area contributed by atoms with Crippen molar-refractivity contribution in [3.8, 4) is 18.1 Å². The van der Waals surface area contributed by atoms with E-state index in [4.69, 9.17) is 11.2 Å². The lowest BCUT2D eigenvalue weighted by atomic mass is 9.87. The molecule has 2 rings (SSSR count). The molecule has 0 amide bonds. The number of ether oxygens (including phenoxy) is 1. The Bertz CT molecular complexity index is 461. The predicted octanol–water partition coefficient (Wildman–Crippen LogP) is 3.46. The second-order valence-electron chi connectivity index (χ2n) is 5.19. The Morgan fingerprint density at radius 3 is 3.05 bits per heavy atom. The highest BCUT2D eigenvalue weighted by Crippen LogP contribution is 2.33. The van der Waals surface area contributed by atoms with Gasteiger partial charge in [0.25, 0.3) is 0 Å². The normalized spacial score (nSPS) is 19.3. The minimum Gasteiger partial charge on any atom is -0.497 e. The number of aryl methyl sites for hydroxylation is 1. The van der Waals surface area contributed by atoms with Gasteiger partial charge in [-0.1, -0.05) is 13.0 Å². The van der Waals surface area contributed by atoms with Crippen molar-refractivity contribution in [1.82, 2.24) is 5.32 Å². The van der Waals surface area contributed by atoms with Gasteiger partial charge >= 0.3 is 0 Å². The van der Waals surface area contributed by atoms with Crippen LogP contribution in [0.4, 0.5) is 0 Å². The van der Waals surface area contributed by atoms with Crippen molar-refractivity contribution in [3.63, 3.8) is 0 Å². The molecule has 0 fully saturated rings. The van der Waals surface area contributed by atoms with E-state index in [1.807, 2.05) is 0 Å². The molecule has 0 saturated carbocycles. The first kappa shape index (κ1) is 14.0. The van der Waals surface area contributed by atoms with E-state index in [0.717, 1.165) is 18.6 Å². The molecule has 1 aliphatic carbocycles. The molecule has 0 aliphatic heterocycles. The average molecular weight is 257 g/mol. The van der Waals surface area contributed by atoms with Crippen LogP contribution >= 0.6 is 0 Å². The molecule has 102 valence electrons. The van der Waals surface area contributed by atoms with Gasteiger partial charge in [0.15, 0.2) is 0 Å². The van der Waals surface area contributed by atoms with Crippen LogP contribution in [0.5, 0.6) is 5.75 Å². The number of methoxy groups -OCH3 is 1. The van der Waals surface area contributed by atoms with Gasteiger partial charge < -0.3 is 10.1 Å². The molecule has 2 unspecified atom stereocenters. The summed E-state index contributed by atoms with van der Waals surface area (Å²) in [6, 6.07) is 7.25.